The Morgan fingerprint density at radius 1 is 1.03 bits per heavy atom. The maximum Gasteiger partial charge on any atom is 0.255 e. The fourth-order valence-electron chi connectivity index (χ4n) is 2.71. The van der Waals surface area contributed by atoms with Gasteiger partial charge in [0.1, 0.15) is 5.76 Å². The van der Waals surface area contributed by atoms with Gasteiger partial charge in [-0.2, -0.15) is 9.41 Å². The van der Waals surface area contributed by atoms with Crippen LogP contribution in [0.5, 0.6) is 0 Å². The van der Waals surface area contributed by atoms with E-state index in [0.717, 1.165) is 21.0 Å². The fourth-order valence-corrected chi connectivity index (χ4v) is 4.09. The number of amides is 1. The first-order chi connectivity index (χ1) is 14.3. The molecule has 8 heteroatoms. The van der Waals surface area contributed by atoms with Gasteiger partial charge in [0.15, 0.2) is 0 Å². The van der Waals surface area contributed by atoms with Crippen LogP contribution in [-0.4, -0.2) is 31.4 Å². The number of hydrogen-bond acceptors (Lipinski definition) is 5. The molecule has 0 aliphatic carbocycles. The Morgan fingerprint density at radius 3 is 2.27 bits per heavy atom. The number of aryl methyl sites for hydroxylation is 2. The minimum atomic E-state index is -3.89. The summed E-state index contributed by atoms with van der Waals surface area (Å²) in [7, 11) is -3.89. The Bertz CT molecular complexity index is 1100. The molecule has 0 saturated heterocycles. The lowest BCUT2D eigenvalue weighted by Gasteiger charge is -2.21. The van der Waals surface area contributed by atoms with Crippen LogP contribution in [-0.2, 0) is 21.4 Å². The summed E-state index contributed by atoms with van der Waals surface area (Å²) in [5, 5.41) is 3.81. The second-order valence-electron chi connectivity index (χ2n) is 6.88. The summed E-state index contributed by atoms with van der Waals surface area (Å²) in [5.41, 5.74) is 5.14. The maximum absolute atomic E-state index is 13.2. The van der Waals surface area contributed by atoms with Crippen molar-refractivity contribution in [1.82, 2.24) is 9.73 Å². The molecule has 3 rings (SSSR count). The Hall–Kier alpha value is -3.23. The molecule has 7 nitrogen and oxygen atoms in total. The van der Waals surface area contributed by atoms with Crippen molar-refractivity contribution < 1.29 is 17.6 Å². The second kappa shape index (κ2) is 9.51. The number of carbonyl (C=O) groups is 1. The highest BCUT2D eigenvalue weighted by atomic mass is 32.2. The number of nitrogens with one attached hydrogen (secondary N) is 1. The number of furan rings is 1. The number of sulfonamides is 1. The van der Waals surface area contributed by atoms with Gasteiger partial charge in [-0.15, -0.1) is 0 Å². The molecule has 0 fully saturated rings. The summed E-state index contributed by atoms with van der Waals surface area (Å²) in [6, 6.07) is 17.4. The van der Waals surface area contributed by atoms with Crippen LogP contribution < -0.4 is 5.43 Å². The first-order valence-corrected chi connectivity index (χ1v) is 10.8. The van der Waals surface area contributed by atoms with Gasteiger partial charge in [-0.25, -0.2) is 13.8 Å². The predicted octanol–water partition coefficient (Wildman–Crippen LogP) is 3.24. The molecule has 1 heterocycles. The fraction of sp³-hybridized carbons (Fsp3) is 0.182. The van der Waals surface area contributed by atoms with Crippen LogP contribution in [0.25, 0.3) is 0 Å². The number of nitrogens with zero attached hydrogens (tertiary/aromatic N) is 2. The molecule has 0 saturated carbocycles. The van der Waals surface area contributed by atoms with Gasteiger partial charge in [0.05, 0.1) is 23.9 Å². The lowest BCUT2D eigenvalue weighted by Crippen LogP contribution is -2.39. The molecule has 0 unspecified atom stereocenters. The summed E-state index contributed by atoms with van der Waals surface area (Å²) in [4.78, 5) is 12.5. The van der Waals surface area contributed by atoms with Crippen LogP contribution in [0.2, 0.25) is 0 Å². The van der Waals surface area contributed by atoms with Crippen LogP contribution in [0.15, 0.2) is 81.3 Å². The van der Waals surface area contributed by atoms with Crippen molar-refractivity contribution in [2.45, 2.75) is 25.3 Å². The third-order valence-corrected chi connectivity index (χ3v) is 6.19. The summed E-state index contributed by atoms with van der Waals surface area (Å²) in [6.45, 7) is 3.52. The van der Waals surface area contributed by atoms with E-state index in [9.17, 15) is 13.2 Å². The molecule has 0 atom stereocenters. The smallest absolute Gasteiger partial charge is 0.255 e. The quantitative estimate of drug-likeness (QED) is 0.443. The molecular weight excluding hydrogens is 402 g/mol. The van der Waals surface area contributed by atoms with E-state index in [2.05, 4.69) is 10.5 Å². The van der Waals surface area contributed by atoms with E-state index in [1.807, 2.05) is 38.1 Å². The molecule has 1 N–H and O–H groups in total. The SMILES string of the molecule is Cc1ccc(CN(CC(=O)N/N=C/c2ccco2)S(=O)(=O)c2ccc(C)cc2)cc1. The van der Waals surface area contributed by atoms with E-state index in [1.54, 1.807) is 36.4 Å². The first-order valence-electron chi connectivity index (χ1n) is 9.32. The maximum atomic E-state index is 13.2. The van der Waals surface area contributed by atoms with E-state index < -0.39 is 15.9 Å². The zero-order valence-corrected chi connectivity index (χ0v) is 17.6. The van der Waals surface area contributed by atoms with Crippen LogP contribution in [0.4, 0.5) is 0 Å². The summed E-state index contributed by atoms with van der Waals surface area (Å²) >= 11 is 0. The molecule has 0 radical (unpaired) electrons. The Balaban J connectivity index is 1.80. The van der Waals surface area contributed by atoms with Crippen LogP contribution in [0, 0.1) is 13.8 Å². The second-order valence-corrected chi connectivity index (χ2v) is 8.82. The number of hydrazone groups is 1. The van der Waals surface area contributed by atoms with E-state index in [1.165, 1.54) is 12.5 Å². The zero-order valence-electron chi connectivity index (χ0n) is 16.8. The molecule has 3 aromatic rings. The molecule has 2 aromatic carbocycles. The van der Waals surface area contributed by atoms with E-state index in [4.69, 9.17) is 4.42 Å². The van der Waals surface area contributed by atoms with Crippen molar-refractivity contribution >= 4 is 22.1 Å². The van der Waals surface area contributed by atoms with Crippen molar-refractivity contribution in [1.29, 1.82) is 0 Å². The lowest BCUT2D eigenvalue weighted by atomic mass is 10.1. The third kappa shape index (κ3) is 5.65. The number of carbonyl (C=O) groups excluding carboxylic acids is 1. The third-order valence-electron chi connectivity index (χ3n) is 4.38. The van der Waals surface area contributed by atoms with E-state index >= 15 is 0 Å². The largest absolute Gasteiger partial charge is 0.463 e. The molecule has 1 amide bonds. The van der Waals surface area contributed by atoms with Crippen molar-refractivity contribution in [2.75, 3.05) is 6.54 Å². The van der Waals surface area contributed by atoms with Crippen LogP contribution >= 0.6 is 0 Å². The summed E-state index contributed by atoms with van der Waals surface area (Å²) in [5.74, 6) is -0.0836. The predicted molar refractivity (Wildman–Crippen MR) is 114 cm³/mol. The highest BCUT2D eigenvalue weighted by Gasteiger charge is 2.26. The monoisotopic (exact) mass is 425 g/mol. The Labute approximate surface area is 176 Å². The first kappa shape index (κ1) is 21.5. The topological polar surface area (TPSA) is 92.0 Å². The summed E-state index contributed by atoms with van der Waals surface area (Å²) in [6.07, 6.45) is 2.83. The summed E-state index contributed by atoms with van der Waals surface area (Å²) < 4.78 is 32.6. The highest BCUT2D eigenvalue weighted by molar-refractivity contribution is 7.89. The zero-order chi connectivity index (χ0) is 21.6. The van der Waals surface area contributed by atoms with Crippen LogP contribution in [0.3, 0.4) is 0 Å². The standard InChI is InChI=1S/C22H23N3O4S/c1-17-5-9-19(10-6-17)15-25(30(27,28)21-11-7-18(2)8-12-21)16-22(26)24-23-14-20-4-3-13-29-20/h3-14H,15-16H2,1-2H3,(H,24,26)/b23-14+. The molecular formula is C22H23N3O4S. The number of benzene rings is 2. The lowest BCUT2D eigenvalue weighted by molar-refractivity contribution is -0.121. The van der Waals surface area contributed by atoms with Gasteiger partial charge in [-0.3, -0.25) is 4.79 Å². The molecule has 30 heavy (non-hydrogen) atoms. The van der Waals surface area contributed by atoms with Gasteiger partial charge >= 0.3 is 0 Å². The highest BCUT2D eigenvalue weighted by Crippen LogP contribution is 2.19. The van der Waals surface area contributed by atoms with E-state index in [0.29, 0.717) is 5.76 Å². The molecule has 156 valence electrons. The van der Waals surface area contributed by atoms with Crippen molar-refractivity contribution in [2.24, 2.45) is 5.10 Å². The molecule has 1 aromatic heterocycles. The minimum absolute atomic E-state index is 0.0613. The van der Waals surface area contributed by atoms with Crippen molar-refractivity contribution in [3.63, 3.8) is 0 Å². The van der Waals surface area contributed by atoms with Gasteiger partial charge in [0.25, 0.3) is 5.91 Å². The van der Waals surface area contributed by atoms with Crippen molar-refractivity contribution in [3.05, 3.63) is 89.4 Å². The normalized spacial score (nSPS) is 11.8. The Kier molecular flexibility index (Phi) is 6.81. The Morgan fingerprint density at radius 2 is 1.67 bits per heavy atom. The molecule has 0 bridgehead atoms. The molecule has 0 aliphatic heterocycles. The van der Waals surface area contributed by atoms with Gasteiger partial charge in [0, 0.05) is 6.54 Å². The van der Waals surface area contributed by atoms with Crippen molar-refractivity contribution in [3.8, 4) is 0 Å². The number of rotatable bonds is 8. The number of hydrogen-bond donors (Lipinski definition) is 1. The minimum Gasteiger partial charge on any atom is -0.463 e. The van der Waals surface area contributed by atoms with E-state index in [-0.39, 0.29) is 18.0 Å². The average Bonchev–Trinajstić information content (AvgIpc) is 3.23. The molecule has 0 aliphatic rings. The van der Waals surface area contributed by atoms with Gasteiger partial charge in [-0.1, -0.05) is 47.5 Å². The average molecular weight is 426 g/mol. The van der Waals surface area contributed by atoms with Gasteiger partial charge in [0.2, 0.25) is 10.0 Å². The van der Waals surface area contributed by atoms with Gasteiger partial charge < -0.3 is 4.42 Å². The van der Waals surface area contributed by atoms with Gasteiger partial charge in [-0.05, 0) is 43.7 Å². The molecule has 0 spiro atoms. The van der Waals surface area contributed by atoms with Crippen LogP contribution in [0.1, 0.15) is 22.5 Å².